The van der Waals surface area contributed by atoms with Crippen LogP contribution in [-0.2, 0) is 16.6 Å². The molecule has 0 radical (unpaired) electrons. The Balaban J connectivity index is 1.64. The number of amides is 1. The molecule has 0 aliphatic carbocycles. The van der Waals surface area contributed by atoms with Crippen LogP contribution < -0.4 is 15.2 Å². The number of sulfonamides is 1. The van der Waals surface area contributed by atoms with Crippen molar-refractivity contribution in [2.75, 3.05) is 13.2 Å². The van der Waals surface area contributed by atoms with Gasteiger partial charge in [-0.15, -0.1) is 0 Å². The Morgan fingerprint density at radius 2 is 2.03 bits per heavy atom. The van der Waals surface area contributed by atoms with Crippen molar-refractivity contribution in [3.05, 3.63) is 54.2 Å². The van der Waals surface area contributed by atoms with Crippen molar-refractivity contribution >= 4 is 26.8 Å². The second kappa shape index (κ2) is 9.06. The maximum Gasteiger partial charge on any atom is 0.252 e. The largest absolute Gasteiger partial charge is 0.493 e. The number of nitrogens with one attached hydrogen (secondary N) is 1. The number of nitrogens with two attached hydrogens (primary N) is 1. The summed E-state index contributed by atoms with van der Waals surface area (Å²) in [6.07, 6.45) is 3.10. The van der Waals surface area contributed by atoms with Crippen LogP contribution in [0.15, 0.2) is 53.6 Å². The molecule has 3 rings (SSSR count). The van der Waals surface area contributed by atoms with Gasteiger partial charge in [0.2, 0.25) is 10.0 Å². The van der Waals surface area contributed by atoms with E-state index in [-0.39, 0.29) is 22.8 Å². The predicted octanol–water partition coefficient (Wildman–Crippen LogP) is 2.29. The normalized spacial score (nSPS) is 11.6. The summed E-state index contributed by atoms with van der Waals surface area (Å²) in [5.41, 5.74) is 6.43. The zero-order valence-corrected chi connectivity index (χ0v) is 17.0. The van der Waals surface area contributed by atoms with Gasteiger partial charge in [0, 0.05) is 18.5 Å². The molecule has 154 valence electrons. The minimum atomic E-state index is -3.78. The fourth-order valence-electron chi connectivity index (χ4n) is 2.93. The maximum absolute atomic E-state index is 12.6. The van der Waals surface area contributed by atoms with Crippen LogP contribution in [0.25, 0.3) is 10.9 Å². The first-order valence-electron chi connectivity index (χ1n) is 9.39. The van der Waals surface area contributed by atoms with Crippen molar-refractivity contribution in [3.8, 4) is 5.75 Å². The molecule has 0 aliphatic heterocycles. The standard InChI is InChI=1S/C20H24N4O4S/c1-2-12-28-19-9-8-16(13-17(19)20(21)25)29(26,27)23-10-5-11-24-18-7-4-3-6-15(18)14-22-24/h3-4,6-9,13-14,23H,2,5,10-12H2,1H3,(H2,21,25). The van der Waals surface area contributed by atoms with Crippen molar-refractivity contribution in [1.82, 2.24) is 14.5 Å². The summed E-state index contributed by atoms with van der Waals surface area (Å²) in [5.74, 6) is -0.456. The van der Waals surface area contributed by atoms with Crippen molar-refractivity contribution in [3.63, 3.8) is 0 Å². The van der Waals surface area contributed by atoms with Gasteiger partial charge < -0.3 is 10.5 Å². The average Bonchev–Trinajstić information content (AvgIpc) is 3.12. The van der Waals surface area contributed by atoms with Gasteiger partial charge in [-0.05, 0) is 37.1 Å². The molecule has 1 aromatic heterocycles. The molecule has 8 nitrogen and oxygen atoms in total. The molecule has 0 aliphatic rings. The first kappa shape index (κ1) is 20.8. The van der Waals surface area contributed by atoms with E-state index >= 15 is 0 Å². The van der Waals surface area contributed by atoms with Crippen LogP contribution in [-0.4, -0.2) is 37.3 Å². The predicted molar refractivity (Wildman–Crippen MR) is 110 cm³/mol. The second-order valence-corrected chi connectivity index (χ2v) is 8.32. The van der Waals surface area contributed by atoms with E-state index in [4.69, 9.17) is 10.5 Å². The number of rotatable bonds is 10. The molecule has 29 heavy (non-hydrogen) atoms. The van der Waals surface area contributed by atoms with Crippen molar-refractivity contribution in [2.45, 2.75) is 31.2 Å². The Labute approximate surface area is 169 Å². The minimum Gasteiger partial charge on any atom is -0.493 e. The van der Waals surface area contributed by atoms with E-state index in [0.717, 1.165) is 17.3 Å². The molecule has 0 saturated carbocycles. The molecule has 0 atom stereocenters. The van der Waals surface area contributed by atoms with E-state index in [2.05, 4.69) is 9.82 Å². The fraction of sp³-hybridized carbons (Fsp3) is 0.300. The summed E-state index contributed by atoms with van der Waals surface area (Å²) in [7, 11) is -3.78. The molecular formula is C20H24N4O4S. The summed E-state index contributed by atoms with van der Waals surface area (Å²) in [6, 6.07) is 11.9. The van der Waals surface area contributed by atoms with Crippen LogP contribution in [0.5, 0.6) is 5.75 Å². The molecule has 9 heteroatoms. The van der Waals surface area contributed by atoms with Crippen LogP contribution in [0.1, 0.15) is 30.1 Å². The lowest BCUT2D eigenvalue weighted by Crippen LogP contribution is -2.26. The minimum absolute atomic E-state index is 0.0281. The number of nitrogens with zero attached hydrogens (tertiary/aromatic N) is 2. The average molecular weight is 417 g/mol. The van der Waals surface area contributed by atoms with Gasteiger partial charge in [0.25, 0.3) is 5.91 Å². The number of hydrogen-bond donors (Lipinski definition) is 2. The highest BCUT2D eigenvalue weighted by atomic mass is 32.2. The van der Waals surface area contributed by atoms with Crippen LogP contribution in [0.3, 0.4) is 0 Å². The van der Waals surface area contributed by atoms with E-state index in [1.54, 1.807) is 6.20 Å². The SMILES string of the molecule is CCCOc1ccc(S(=O)(=O)NCCCn2ncc3ccccc32)cc1C(N)=O. The lowest BCUT2D eigenvalue weighted by Gasteiger charge is -2.12. The van der Waals surface area contributed by atoms with Gasteiger partial charge in [-0.1, -0.05) is 25.1 Å². The van der Waals surface area contributed by atoms with Gasteiger partial charge >= 0.3 is 0 Å². The van der Waals surface area contributed by atoms with E-state index in [0.29, 0.717) is 19.6 Å². The van der Waals surface area contributed by atoms with Crippen LogP contribution in [0, 0.1) is 0 Å². The lowest BCUT2D eigenvalue weighted by molar-refractivity contribution is 0.0996. The maximum atomic E-state index is 12.6. The Bertz CT molecular complexity index is 1110. The zero-order chi connectivity index (χ0) is 20.9. The highest BCUT2D eigenvalue weighted by Crippen LogP contribution is 2.22. The number of aryl methyl sites for hydroxylation is 1. The lowest BCUT2D eigenvalue weighted by atomic mass is 10.2. The number of fused-ring (bicyclic) bond motifs is 1. The Kier molecular flexibility index (Phi) is 6.50. The van der Waals surface area contributed by atoms with Crippen LogP contribution in [0.2, 0.25) is 0 Å². The van der Waals surface area contributed by atoms with E-state index < -0.39 is 15.9 Å². The van der Waals surface area contributed by atoms with E-state index in [9.17, 15) is 13.2 Å². The first-order chi connectivity index (χ1) is 13.9. The Morgan fingerprint density at radius 3 is 2.79 bits per heavy atom. The van der Waals surface area contributed by atoms with Crippen molar-refractivity contribution in [1.29, 1.82) is 0 Å². The van der Waals surface area contributed by atoms with Gasteiger partial charge in [-0.25, -0.2) is 13.1 Å². The molecular weight excluding hydrogens is 392 g/mol. The van der Waals surface area contributed by atoms with Crippen molar-refractivity contribution in [2.24, 2.45) is 5.73 Å². The number of aromatic nitrogens is 2. The summed E-state index contributed by atoms with van der Waals surface area (Å²) < 4.78 is 35.0. The number of carbonyl (C=O) groups excluding carboxylic acids is 1. The molecule has 0 fully saturated rings. The molecule has 3 N–H and O–H groups in total. The summed E-state index contributed by atoms with van der Waals surface area (Å²) in [5, 5.41) is 5.37. The Morgan fingerprint density at radius 1 is 1.24 bits per heavy atom. The van der Waals surface area contributed by atoms with Crippen LogP contribution in [0.4, 0.5) is 0 Å². The number of hydrogen-bond acceptors (Lipinski definition) is 5. The number of primary amides is 1. The fourth-order valence-corrected chi connectivity index (χ4v) is 4.03. The summed E-state index contributed by atoms with van der Waals surface area (Å²) >= 11 is 0. The number of carbonyl (C=O) groups is 1. The summed E-state index contributed by atoms with van der Waals surface area (Å²) in [4.78, 5) is 11.7. The molecule has 0 bridgehead atoms. The molecule has 1 amide bonds. The monoisotopic (exact) mass is 416 g/mol. The number of para-hydroxylation sites is 1. The van der Waals surface area contributed by atoms with Gasteiger partial charge in [-0.3, -0.25) is 9.48 Å². The topological polar surface area (TPSA) is 116 Å². The first-order valence-corrected chi connectivity index (χ1v) is 10.9. The summed E-state index contributed by atoms with van der Waals surface area (Å²) in [6.45, 7) is 3.15. The van der Waals surface area contributed by atoms with E-state index in [1.165, 1.54) is 18.2 Å². The van der Waals surface area contributed by atoms with Gasteiger partial charge in [0.05, 0.1) is 28.8 Å². The smallest absolute Gasteiger partial charge is 0.252 e. The quantitative estimate of drug-likeness (QED) is 0.492. The van der Waals surface area contributed by atoms with Gasteiger partial charge in [0.1, 0.15) is 5.75 Å². The van der Waals surface area contributed by atoms with E-state index in [1.807, 2.05) is 35.9 Å². The zero-order valence-electron chi connectivity index (χ0n) is 16.2. The van der Waals surface area contributed by atoms with Gasteiger partial charge in [-0.2, -0.15) is 5.10 Å². The Hall–Kier alpha value is -2.91. The molecule has 0 spiro atoms. The highest BCUT2D eigenvalue weighted by Gasteiger charge is 2.18. The second-order valence-electron chi connectivity index (χ2n) is 6.55. The van der Waals surface area contributed by atoms with Crippen molar-refractivity contribution < 1.29 is 17.9 Å². The van der Waals surface area contributed by atoms with Gasteiger partial charge in [0.15, 0.2) is 0 Å². The highest BCUT2D eigenvalue weighted by molar-refractivity contribution is 7.89. The third kappa shape index (κ3) is 4.93. The molecule has 0 unspecified atom stereocenters. The number of benzene rings is 2. The third-order valence-electron chi connectivity index (χ3n) is 4.38. The third-order valence-corrected chi connectivity index (χ3v) is 5.84. The molecule has 2 aromatic carbocycles. The molecule has 3 aromatic rings. The van der Waals surface area contributed by atoms with Crippen LogP contribution >= 0.6 is 0 Å². The number of ether oxygens (including phenoxy) is 1. The molecule has 0 saturated heterocycles. The molecule has 1 heterocycles.